The van der Waals surface area contributed by atoms with Crippen LogP contribution >= 0.6 is 11.6 Å². The lowest BCUT2D eigenvalue weighted by molar-refractivity contribution is 0.00294. The standard InChI is InChI=1S/C15H16ClNO3/c1-15(19-2,11-5-3-6-12(16)9-11)10-17-14(18)13-7-4-8-20-13/h3-9H,10H2,1-2H3,(H,17,18)/t15-/m1/s1. The quantitative estimate of drug-likeness (QED) is 0.921. The molecule has 0 saturated heterocycles. The van der Waals surface area contributed by atoms with Crippen molar-refractivity contribution >= 4 is 17.5 Å². The second-order valence-electron chi connectivity index (χ2n) is 4.61. The van der Waals surface area contributed by atoms with E-state index in [2.05, 4.69) is 5.32 Å². The predicted molar refractivity (Wildman–Crippen MR) is 76.9 cm³/mol. The van der Waals surface area contributed by atoms with Gasteiger partial charge in [0.1, 0.15) is 5.60 Å². The first-order chi connectivity index (χ1) is 9.55. The van der Waals surface area contributed by atoms with Crippen molar-refractivity contribution in [3.05, 3.63) is 59.0 Å². The number of methoxy groups -OCH3 is 1. The Balaban J connectivity index is 2.10. The minimum atomic E-state index is -0.660. The van der Waals surface area contributed by atoms with Crippen LogP contribution in [-0.2, 0) is 10.3 Å². The van der Waals surface area contributed by atoms with Crippen LogP contribution in [0.25, 0.3) is 0 Å². The van der Waals surface area contributed by atoms with Gasteiger partial charge in [-0.1, -0.05) is 23.7 Å². The maximum atomic E-state index is 11.9. The molecule has 1 atom stereocenters. The van der Waals surface area contributed by atoms with Gasteiger partial charge in [-0.05, 0) is 36.8 Å². The van der Waals surface area contributed by atoms with Gasteiger partial charge >= 0.3 is 0 Å². The van der Waals surface area contributed by atoms with Crippen LogP contribution in [0.3, 0.4) is 0 Å². The van der Waals surface area contributed by atoms with Gasteiger partial charge in [-0.3, -0.25) is 4.79 Å². The highest BCUT2D eigenvalue weighted by atomic mass is 35.5. The number of hydrogen-bond acceptors (Lipinski definition) is 3. The van der Waals surface area contributed by atoms with E-state index in [-0.39, 0.29) is 11.7 Å². The van der Waals surface area contributed by atoms with Crippen molar-refractivity contribution in [1.82, 2.24) is 5.32 Å². The first-order valence-electron chi connectivity index (χ1n) is 6.18. The maximum Gasteiger partial charge on any atom is 0.287 e. The molecule has 20 heavy (non-hydrogen) atoms. The van der Waals surface area contributed by atoms with Gasteiger partial charge in [0.05, 0.1) is 12.8 Å². The zero-order valence-electron chi connectivity index (χ0n) is 11.4. The largest absolute Gasteiger partial charge is 0.459 e. The van der Waals surface area contributed by atoms with Crippen molar-refractivity contribution in [1.29, 1.82) is 0 Å². The fourth-order valence-electron chi connectivity index (χ4n) is 1.85. The lowest BCUT2D eigenvalue weighted by Gasteiger charge is -2.29. The van der Waals surface area contributed by atoms with Crippen LogP contribution < -0.4 is 5.32 Å². The van der Waals surface area contributed by atoms with Crippen molar-refractivity contribution in [2.24, 2.45) is 0 Å². The molecule has 1 aromatic carbocycles. The smallest absolute Gasteiger partial charge is 0.287 e. The van der Waals surface area contributed by atoms with E-state index in [1.807, 2.05) is 25.1 Å². The number of furan rings is 1. The minimum absolute atomic E-state index is 0.273. The molecular formula is C15H16ClNO3. The molecule has 0 saturated carbocycles. The van der Waals surface area contributed by atoms with Gasteiger partial charge in [-0.25, -0.2) is 0 Å². The molecule has 5 heteroatoms. The number of carbonyl (C=O) groups excluding carboxylic acids is 1. The summed E-state index contributed by atoms with van der Waals surface area (Å²) in [7, 11) is 1.60. The summed E-state index contributed by atoms with van der Waals surface area (Å²) in [5, 5.41) is 3.42. The Hall–Kier alpha value is -1.78. The Morgan fingerprint density at radius 1 is 1.40 bits per heavy atom. The highest BCUT2D eigenvalue weighted by molar-refractivity contribution is 6.30. The maximum absolute atomic E-state index is 11.9. The first kappa shape index (κ1) is 14.6. The Kier molecular flexibility index (Phi) is 4.47. The fourth-order valence-corrected chi connectivity index (χ4v) is 2.04. The molecule has 106 valence electrons. The van der Waals surface area contributed by atoms with E-state index in [1.54, 1.807) is 25.3 Å². The van der Waals surface area contributed by atoms with Gasteiger partial charge in [0.15, 0.2) is 5.76 Å². The summed E-state index contributed by atoms with van der Waals surface area (Å²) in [4.78, 5) is 11.9. The molecule has 4 nitrogen and oxygen atoms in total. The lowest BCUT2D eigenvalue weighted by Crippen LogP contribution is -2.40. The Labute approximate surface area is 122 Å². The van der Waals surface area contributed by atoms with E-state index in [9.17, 15) is 4.79 Å². The van der Waals surface area contributed by atoms with Crippen LogP contribution in [0, 0.1) is 0 Å². The number of amides is 1. The van der Waals surface area contributed by atoms with E-state index < -0.39 is 5.60 Å². The highest BCUT2D eigenvalue weighted by Gasteiger charge is 2.27. The normalized spacial score (nSPS) is 13.8. The molecule has 0 aliphatic heterocycles. The van der Waals surface area contributed by atoms with Gasteiger partial charge in [-0.15, -0.1) is 0 Å². The Morgan fingerprint density at radius 3 is 2.80 bits per heavy atom. The van der Waals surface area contributed by atoms with Crippen LogP contribution in [0.4, 0.5) is 0 Å². The fraction of sp³-hybridized carbons (Fsp3) is 0.267. The number of rotatable bonds is 5. The van der Waals surface area contributed by atoms with Crippen molar-refractivity contribution in [2.75, 3.05) is 13.7 Å². The Morgan fingerprint density at radius 2 is 2.20 bits per heavy atom. The molecule has 1 N–H and O–H groups in total. The summed E-state index contributed by atoms with van der Waals surface area (Å²) < 4.78 is 10.6. The topological polar surface area (TPSA) is 51.5 Å². The van der Waals surface area contributed by atoms with Gasteiger partial charge < -0.3 is 14.5 Å². The summed E-state index contributed by atoms with van der Waals surface area (Å²) in [5.41, 5.74) is 0.236. The molecule has 0 aliphatic rings. The van der Waals surface area contributed by atoms with Crippen LogP contribution in [0.5, 0.6) is 0 Å². The molecule has 0 radical (unpaired) electrons. The molecule has 1 amide bonds. The second-order valence-corrected chi connectivity index (χ2v) is 5.04. The first-order valence-corrected chi connectivity index (χ1v) is 6.56. The van der Waals surface area contributed by atoms with Crippen molar-refractivity contribution in [2.45, 2.75) is 12.5 Å². The van der Waals surface area contributed by atoms with Crippen LogP contribution in [0.15, 0.2) is 47.1 Å². The highest BCUT2D eigenvalue weighted by Crippen LogP contribution is 2.26. The summed E-state index contributed by atoms with van der Waals surface area (Å²) in [5.74, 6) is -0.00477. The second kappa shape index (κ2) is 6.11. The van der Waals surface area contributed by atoms with E-state index >= 15 is 0 Å². The number of halogens is 1. The number of ether oxygens (including phenoxy) is 1. The molecule has 0 fully saturated rings. The molecule has 0 aliphatic carbocycles. The average molecular weight is 294 g/mol. The number of nitrogens with one attached hydrogen (secondary N) is 1. The summed E-state index contributed by atoms with van der Waals surface area (Å²) in [6, 6.07) is 10.7. The zero-order valence-corrected chi connectivity index (χ0v) is 12.1. The van der Waals surface area contributed by atoms with Gasteiger partial charge in [0.25, 0.3) is 5.91 Å². The SMILES string of the molecule is CO[C@](C)(CNC(=O)c1ccco1)c1cccc(Cl)c1. The van der Waals surface area contributed by atoms with E-state index in [4.69, 9.17) is 20.8 Å². The number of carbonyl (C=O) groups is 1. The molecule has 1 heterocycles. The summed E-state index contributed by atoms with van der Waals surface area (Å²) in [6.45, 7) is 2.20. The van der Waals surface area contributed by atoms with Crippen molar-refractivity contribution in [3.8, 4) is 0 Å². The monoisotopic (exact) mass is 293 g/mol. The zero-order chi connectivity index (χ0) is 14.6. The number of benzene rings is 1. The lowest BCUT2D eigenvalue weighted by atomic mass is 9.95. The third kappa shape index (κ3) is 3.21. The average Bonchev–Trinajstić information content (AvgIpc) is 2.98. The van der Waals surface area contributed by atoms with E-state index in [0.717, 1.165) is 5.56 Å². The molecule has 0 unspecified atom stereocenters. The molecule has 0 spiro atoms. The summed E-state index contributed by atoms with van der Waals surface area (Å²) in [6.07, 6.45) is 1.46. The van der Waals surface area contributed by atoms with E-state index in [1.165, 1.54) is 6.26 Å². The third-order valence-corrected chi connectivity index (χ3v) is 3.45. The Bertz CT molecular complexity index is 583. The predicted octanol–water partition coefficient (Wildman–Crippen LogP) is 3.22. The van der Waals surface area contributed by atoms with Crippen molar-refractivity contribution < 1.29 is 13.9 Å². The van der Waals surface area contributed by atoms with Crippen molar-refractivity contribution in [3.63, 3.8) is 0 Å². The van der Waals surface area contributed by atoms with E-state index in [0.29, 0.717) is 11.6 Å². The molecule has 1 aromatic heterocycles. The molecular weight excluding hydrogens is 278 g/mol. The van der Waals surface area contributed by atoms with Crippen LogP contribution in [0.1, 0.15) is 23.0 Å². The minimum Gasteiger partial charge on any atom is -0.459 e. The third-order valence-electron chi connectivity index (χ3n) is 3.22. The number of hydrogen-bond donors (Lipinski definition) is 1. The van der Waals surface area contributed by atoms with Gasteiger partial charge in [0.2, 0.25) is 0 Å². The van der Waals surface area contributed by atoms with Gasteiger partial charge in [-0.2, -0.15) is 0 Å². The molecule has 2 aromatic rings. The van der Waals surface area contributed by atoms with Gasteiger partial charge in [0, 0.05) is 12.1 Å². The molecule has 2 rings (SSSR count). The summed E-state index contributed by atoms with van der Waals surface area (Å²) >= 11 is 5.99. The van der Waals surface area contributed by atoms with Crippen LogP contribution in [0.2, 0.25) is 5.02 Å². The van der Waals surface area contributed by atoms with Crippen LogP contribution in [-0.4, -0.2) is 19.6 Å². The molecule has 0 bridgehead atoms.